The molecule has 0 saturated heterocycles. The number of nitrogens with one attached hydrogen (secondary N) is 1. The summed E-state index contributed by atoms with van der Waals surface area (Å²) in [6.07, 6.45) is -0.508. The number of carbonyl (C=O) groups is 2. The van der Waals surface area contributed by atoms with Crippen LogP contribution in [-0.2, 0) is 17.8 Å². The first kappa shape index (κ1) is 19.7. The number of methoxy groups -OCH3 is 1. The van der Waals surface area contributed by atoms with Gasteiger partial charge in [0.05, 0.1) is 7.11 Å². The molecule has 6 heteroatoms. The number of anilines is 1. The Morgan fingerprint density at radius 3 is 2.46 bits per heavy atom. The van der Waals surface area contributed by atoms with Gasteiger partial charge in [0.1, 0.15) is 11.4 Å². The van der Waals surface area contributed by atoms with E-state index >= 15 is 0 Å². The van der Waals surface area contributed by atoms with Crippen LogP contribution in [0.4, 0.5) is 10.5 Å². The van der Waals surface area contributed by atoms with Gasteiger partial charge in [0.15, 0.2) is 0 Å². The van der Waals surface area contributed by atoms with Crippen LogP contribution in [0.2, 0.25) is 0 Å². The number of hydrogen-bond acceptors (Lipinski definition) is 4. The predicted octanol–water partition coefficient (Wildman–Crippen LogP) is 4.51. The summed E-state index contributed by atoms with van der Waals surface area (Å²) in [5, 5.41) is 2.76. The summed E-state index contributed by atoms with van der Waals surface area (Å²) in [5.74, 6) is 0.792. The molecule has 0 radical (unpaired) electrons. The van der Waals surface area contributed by atoms with Crippen LogP contribution < -0.4 is 10.1 Å². The van der Waals surface area contributed by atoms with E-state index in [2.05, 4.69) is 5.32 Å². The Balaban J connectivity index is 1.75. The van der Waals surface area contributed by atoms with Crippen LogP contribution >= 0.6 is 0 Å². The Kier molecular flexibility index (Phi) is 5.31. The van der Waals surface area contributed by atoms with Crippen LogP contribution in [0.25, 0.3) is 0 Å². The molecule has 0 aliphatic carbocycles. The Hall–Kier alpha value is -3.02. The minimum atomic E-state index is -0.568. The van der Waals surface area contributed by atoms with Crippen LogP contribution in [0.1, 0.15) is 47.8 Å². The van der Waals surface area contributed by atoms with E-state index in [0.717, 1.165) is 22.4 Å². The van der Waals surface area contributed by atoms with Gasteiger partial charge in [-0.1, -0.05) is 12.1 Å². The molecule has 1 aliphatic rings. The molecule has 0 spiro atoms. The minimum Gasteiger partial charge on any atom is -0.497 e. The number of aryl methyl sites for hydroxylation is 1. The maximum Gasteiger partial charge on any atom is 0.412 e. The monoisotopic (exact) mass is 382 g/mol. The molecule has 1 aliphatic heterocycles. The van der Waals surface area contributed by atoms with Gasteiger partial charge in [0.2, 0.25) is 0 Å². The largest absolute Gasteiger partial charge is 0.497 e. The van der Waals surface area contributed by atoms with Gasteiger partial charge in [0, 0.05) is 24.3 Å². The normalized spacial score (nSPS) is 13.3. The summed E-state index contributed by atoms with van der Waals surface area (Å²) in [7, 11) is 1.63. The van der Waals surface area contributed by atoms with Crippen molar-refractivity contribution in [2.45, 2.75) is 46.4 Å². The van der Waals surface area contributed by atoms with Gasteiger partial charge >= 0.3 is 6.09 Å². The Morgan fingerprint density at radius 2 is 1.86 bits per heavy atom. The maximum atomic E-state index is 12.9. The van der Waals surface area contributed by atoms with Crippen LogP contribution in [0.15, 0.2) is 36.4 Å². The molecule has 3 rings (SSSR count). The highest BCUT2D eigenvalue weighted by Gasteiger charge is 2.30. The Labute approximate surface area is 165 Å². The van der Waals surface area contributed by atoms with Gasteiger partial charge in [-0.25, -0.2) is 4.79 Å². The second-order valence-electron chi connectivity index (χ2n) is 7.96. The van der Waals surface area contributed by atoms with Crippen molar-refractivity contribution in [3.63, 3.8) is 0 Å². The van der Waals surface area contributed by atoms with Crippen molar-refractivity contribution in [1.29, 1.82) is 0 Å². The highest BCUT2D eigenvalue weighted by atomic mass is 16.6. The first-order valence-corrected chi connectivity index (χ1v) is 9.22. The summed E-state index contributed by atoms with van der Waals surface area (Å²) >= 11 is 0. The van der Waals surface area contributed by atoms with Gasteiger partial charge < -0.3 is 14.4 Å². The van der Waals surface area contributed by atoms with E-state index in [0.29, 0.717) is 24.3 Å². The summed E-state index contributed by atoms with van der Waals surface area (Å²) in [6, 6.07) is 11.3. The van der Waals surface area contributed by atoms with Crippen molar-refractivity contribution >= 4 is 17.7 Å². The van der Waals surface area contributed by atoms with Gasteiger partial charge in [-0.2, -0.15) is 0 Å². The molecule has 2 aromatic carbocycles. The lowest BCUT2D eigenvalue weighted by molar-refractivity contribution is 0.0635. The van der Waals surface area contributed by atoms with E-state index in [1.807, 2.05) is 58.0 Å². The molecule has 1 N–H and O–H groups in total. The summed E-state index contributed by atoms with van der Waals surface area (Å²) in [4.78, 5) is 26.7. The van der Waals surface area contributed by atoms with Crippen LogP contribution in [0.5, 0.6) is 5.75 Å². The second kappa shape index (κ2) is 7.54. The lowest BCUT2D eigenvalue weighted by atomic mass is 10.0. The molecule has 0 atom stereocenters. The third-order valence-electron chi connectivity index (χ3n) is 4.46. The fourth-order valence-electron chi connectivity index (χ4n) is 3.30. The first-order valence-electron chi connectivity index (χ1n) is 9.22. The molecule has 0 unspecified atom stereocenters. The SMILES string of the molecule is COc1ccc(CN2Cc3cc(NC(=O)OC(C)(C)C)cc(C)c3C2=O)cc1. The Bertz CT molecular complexity index is 898. The number of amides is 2. The Morgan fingerprint density at radius 1 is 1.18 bits per heavy atom. The maximum absolute atomic E-state index is 12.9. The molecule has 0 saturated carbocycles. The average Bonchev–Trinajstić information content (AvgIpc) is 2.89. The highest BCUT2D eigenvalue weighted by Crippen LogP contribution is 2.30. The third kappa shape index (κ3) is 4.44. The number of benzene rings is 2. The average molecular weight is 382 g/mol. The van der Waals surface area contributed by atoms with Gasteiger partial charge in [-0.15, -0.1) is 0 Å². The van der Waals surface area contributed by atoms with Crippen molar-refractivity contribution in [3.8, 4) is 5.75 Å². The molecular formula is C22H26N2O4. The molecule has 1 heterocycles. The molecule has 148 valence electrons. The van der Waals surface area contributed by atoms with Crippen molar-refractivity contribution in [2.24, 2.45) is 0 Å². The summed E-state index contributed by atoms with van der Waals surface area (Å²) in [6.45, 7) is 8.35. The van der Waals surface area contributed by atoms with Gasteiger partial charge in [-0.3, -0.25) is 10.1 Å². The van der Waals surface area contributed by atoms with Crippen molar-refractivity contribution in [1.82, 2.24) is 4.90 Å². The molecule has 0 aromatic heterocycles. The molecule has 2 aromatic rings. The zero-order chi connectivity index (χ0) is 20.5. The van der Waals surface area contributed by atoms with Crippen molar-refractivity contribution in [2.75, 3.05) is 12.4 Å². The van der Waals surface area contributed by atoms with E-state index < -0.39 is 11.7 Å². The minimum absolute atomic E-state index is 0.00661. The third-order valence-corrected chi connectivity index (χ3v) is 4.46. The summed E-state index contributed by atoms with van der Waals surface area (Å²) in [5.41, 5.74) is 3.55. The summed E-state index contributed by atoms with van der Waals surface area (Å²) < 4.78 is 10.5. The van der Waals surface area contributed by atoms with Crippen LogP contribution in [0, 0.1) is 6.92 Å². The lowest BCUT2D eigenvalue weighted by Crippen LogP contribution is -2.27. The number of ether oxygens (including phenoxy) is 2. The number of fused-ring (bicyclic) bond motifs is 1. The first-order chi connectivity index (χ1) is 13.2. The van der Waals surface area contributed by atoms with E-state index in [9.17, 15) is 9.59 Å². The number of nitrogens with zero attached hydrogens (tertiary/aromatic N) is 1. The van der Waals surface area contributed by atoms with Crippen molar-refractivity contribution < 1.29 is 19.1 Å². The molecule has 0 fully saturated rings. The molecule has 0 bridgehead atoms. The van der Waals surface area contributed by atoms with Crippen LogP contribution in [-0.4, -0.2) is 29.6 Å². The molecule has 28 heavy (non-hydrogen) atoms. The molecule has 6 nitrogen and oxygen atoms in total. The van der Waals surface area contributed by atoms with E-state index in [4.69, 9.17) is 9.47 Å². The molecule has 2 amide bonds. The van der Waals surface area contributed by atoms with E-state index in [1.165, 1.54) is 0 Å². The smallest absolute Gasteiger partial charge is 0.412 e. The number of carbonyl (C=O) groups excluding carboxylic acids is 2. The quantitative estimate of drug-likeness (QED) is 0.845. The van der Waals surface area contributed by atoms with Crippen LogP contribution in [0.3, 0.4) is 0 Å². The molecular weight excluding hydrogens is 356 g/mol. The number of rotatable bonds is 4. The predicted molar refractivity (Wildman–Crippen MR) is 108 cm³/mol. The second-order valence-corrected chi connectivity index (χ2v) is 7.96. The number of hydrogen-bond donors (Lipinski definition) is 1. The zero-order valence-corrected chi connectivity index (χ0v) is 17.0. The van der Waals surface area contributed by atoms with E-state index in [-0.39, 0.29) is 5.91 Å². The van der Waals surface area contributed by atoms with Gasteiger partial charge in [0.25, 0.3) is 5.91 Å². The van der Waals surface area contributed by atoms with Gasteiger partial charge in [-0.05, 0) is 68.7 Å². The standard InChI is InChI=1S/C22H26N2O4/c1-14-10-17(23-21(26)28-22(2,3)4)11-16-13-24(20(25)19(14)16)12-15-6-8-18(27-5)9-7-15/h6-11H,12-13H2,1-5H3,(H,23,26). The fraction of sp³-hybridized carbons (Fsp3) is 0.364. The fourth-order valence-corrected chi connectivity index (χ4v) is 3.30. The zero-order valence-electron chi connectivity index (χ0n) is 17.0. The topological polar surface area (TPSA) is 67.9 Å². The highest BCUT2D eigenvalue weighted by molar-refractivity contribution is 6.00. The van der Waals surface area contributed by atoms with Crippen molar-refractivity contribution in [3.05, 3.63) is 58.7 Å². The van der Waals surface area contributed by atoms with E-state index in [1.54, 1.807) is 18.1 Å². The lowest BCUT2D eigenvalue weighted by Gasteiger charge is -2.20.